The molecule has 3 nitrogen and oxygen atoms in total. The average molecular weight is 292 g/mol. The molecular formula is C18H32N2O. The largest absolute Gasteiger partial charge is 0.379 e. The van der Waals surface area contributed by atoms with Crippen LogP contribution in [0, 0.1) is 5.41 Å². The van der Waals surface area contributed by atoms with Crippen molar-refractivity contribution in [1.29, 1.82) is 0 Å². The van der Waals surface area contributed by atoms with Crippen LogP contribution in [0.25, 0.3) is 0 Å². The molecule has 1 N–H and O–H groups in total. The Hall–Kier alpha value is -0.930. The minimum absolute atomic E-state index is 0.101. The number of hydrogen-bond donors (Lipinski definition) is 1. The standard InChI is InChI=1S/C18H32N2O/c1-7-11-19-16(17(21-6)18(3,4)5)12-15-10-9-14(8-2)13-20-15/h9-10,13,16-17,19H,7-8,11-12H2,1-6H3. The molecule has 21 heavy (non-hydrogen) atoms. The average Bonchev–Trinajstić information content (AvgIpc) is 2.44. The van der Waals surface area contributed by atoms with E-state index in [1.807, 2.05) is 13.3 Å². The molecule has 0 saturated heterocycles. The van der Waals surface area contributed by atoms with Gasteiger partial charge in [0, 0.05) is 31.5 Å². The van der Waals surface area contributed by atoms with E-state index in [2.05, 4.69) is 57.1 Å². The number of hydrogen-bond acceptors (Lipinski definition) is 3. The zero-order chi connectivity index (χ0) is 15.9. The molecule has 0 aliphatic carbocycles. The number of methoxy groups -OCH3 is 1. The van der Waals surface area contributed by atoms with Gasteiger partial charge < -0.3 is 10.1 Å². The molecule has 0 fully saturated rings. The molecule has 120 valence electrons. The van der Waals surface area contributed by atoms with Gasteiger partial charge in [-0.25, -0.2) is 0 Å². The van der Waals surface area contributed by atoms with Crippen molar-refractivity contribution in [3.63, 3.8) is 0 Å². The van der Waals surface area contributed by atoms with Crippen LogP contribution in [0.2, 0.25) is 0 Å². The highest BCUT2D eigenvalue weighted by Gasteiger charge is 2.32. The lowest BCUT2D eigenvalue weighted by Gasteiger charge is -2.36. The lowest BCUT2D eigenvalue weighted by Crippen LogP contribution is -2.49. The maximum absolute atomic E-state index is 5.80. The molecule has 1 rings (SSSR count). The van der Waals surface area contributed by atoms with Gasteiger partial charge in [0.1, 0.15) is 0 Å². The number of rotatable bonds is 8. The van der Waals surface area contributed by atoms with Crippen molar-refractivity contribution in [2.45, 2.75) is 66.0 Å². The van der Waals surface area contributed by atoms with Gasteiger partial charge in [-0.3, -0.25) is 4.98 Å². The van der Waals surface area contributed by atoms with Crippen LogP contribution in [-0.4, -0.2) is 30.8 Å². The first kappa shape index (κ1) is 18.1. The van der Waals surface area contributed by atoms with Crippen LogP contribution in [0.3, 0.4) is 0 Å². The highest BCUT2D eigenvalue weighted by atomic mass is 16.5. The van der Waals surface area contributed by atoms with Gasteiger partial charge in [-0.2, -0.15) is 0 Å². The van der Waals surface area contributed by atoms with Gasteiger partial charge in [0.15, 0.2) is 0 Å². The van der Waals surface area contributed by atoms with Crippen LogP contribution in [0.4, 0.5) is 0 Å². The Labute approximate surface area is 130 Å². The minimum atomic E-state index is 0.101. The van der Waals surface area contributed by atoms with Gasteiger partial charge >= 0.3 is 0 Å². The van der Waals surface area contributed by atoms with Crippen molar-refractivity contribution >= 4 is 0 Å². The Morgan fingerprint density at radius 2 is 1.95 bits per heavy atom. The monoisotopic (exact) mass is 292 g/mol. The van der Waals surface area contributed by atoms with E-state index in [0.717, 1.165) is 31.5 Å². The summed E-state index contributed by atoms with van der Waals surface area (Å²) in [5.41, 5.74) is 2.52. The molecule has 0 spiro atoms. The van der Waals surface area contributed by atoms with E-state index in [-0.39, 0.29) is 17.6 Å². The number of aryl methyl sites for hydroxylation is 1. The fourth-order valence-corrected chi connectivity index (χ4v) is 2.75. The molecule has 0 aromatic carbocycles. The van der Waals surface area contributed by atoms with Crippen LogP contribution in [0.5, 0.6) is 0 Å². The van der Waals surface area contributed by atoms with Crippen molar-refractivity contribution in [2.24, 2.45) is 5.41 Å². The van der Waals surface area contributed by atoms with Crippen molar-refractivity contribution in [3.05, 3.63) is 29.6 Å². The zero-order valence-corrected chi connectivity index (χ0v) is 14.6. The summed E-state index contributed by atoms with van der Waals surface area (Å²) < 4.78 is 5.80. The lowest BCUT2D eigenvalue weighted by molar-refractivity contribution is -0.0111. The first-order valence-electron chi connectivity index (χ1n) is 8.12. The van der Waals surface area contributed by atoms with Crippen LogP contribution in [-0.2, 0) is 17.6 Å². The molecule has 2 unspecified atom stereocenters. The summed E-state index contributed by atoms with van der Waals surface area (Å²) in [4.78, 5) is 4.60. The predicted molar refractivity (Wildman–Crippen MR) is 89.7 cm³/mol. The first-order chi connectivity index (χ1) is 9.92. The molecule has 0 bridgehead atoms. The number of pyridine rings is 1. The van der Waals surface area contributed by atoms with E-state index in [0.29, 0.717) is 0 Å². The molecule has 0 amide bonds. The zero-order valence-electron chi connectivity index (χ0n) is 14.6. The molecular weight excluding hydrogens is 260 g/mol. The molecule has 0 aliphatic rings. The van der Waals surface area contributed by atoms with Crippen LogP contribution >= 0.6 is 0 Å². The number of nitrogens with zero attached hydrogens (tertiary/aromatic N) is 1. The number of nitrogens with one attached hydrogen (secondary N) is 1. The summed E-state index contributed by atoms with van der Waals surface area (Å²) >= 11 is 0. The number of ether oxygens (including phenoxy) is 1. The summed E-state index contributed by atoms with van der Waals surface area (Å²) in [6, 6.07) is 4.61. The van der Waals surface area contributed by atoms with Gasteiger partial charge in [0.25, 0.3) is 0 Å². The van der Waals surface area contributed by atoms with Gasteiger partial charge in [0.05, 0.1) is 6.10 Å². The van der Waals surface area contributed by atoms with Crippen LogP contribution in [0.15, 0.2) is 18.3 Å². The Morgan fingerprint density at radius 1 is 1.24 bits per heavy atom. The van der Waals surface area contributed by atoms with E-state index in [1.165, 1.54) is 5.56 Å². The predicted octanol–water partition coefficient (Wildman–Crippen LogP) is 3.62. The maximum Gasteiger partial charge on any atom is 0.0776 e. The summed E-state index contributed by atoms with van der Waals surface area (Å²) in [5.74, 6) is 0. The van der Waals surface area contributed by atoms with Crippen molar-refractivity contribution in [3.8, 4) is 0 Å². The molecule has 0 aliphatic heterocycles. The normalized spacial score (nSPS) is 15.0. The van der Waals surface area contributed by atoms with Crippen molar-refractivity contribution in [1.82, 2.24) is 10.3 Å². The maximum atomic E-state index is 5.80. The highest BCUT2D eigenvalue weighted by Crippen LogP contribution is 2.26. The third kappa shape index (κ3) is 5.76. The molecule has 1 heterocycles. The van der Waals surface area contributed by atoms with Crippen LogP contribution in [0.1, 0.15) is 52.3 Å². The third-order valence-corrected chi connectivity index (χ3v) is 3.85. The summed E-state index contributed by atoms with van der Waals surface area (Å²) in [5, 5.41) is 3.64. The Kier molecular flexibility index (Phi) is 7.33. The topological polar surface area (TPSA) is 34.2 Å². The van der Waals surface area contributed by atoms with E-state index < -0.39 is 0 Å². The van der Waals surface area contributed by atoms with E-state index in [1.54, 1.807) is 0 Å². The second-order valence-corrected chi connectivity index (χ2v) is 6.80. The summed E-state index contributed by atoms with van der Waals surface area (Å²) in [7, 11) is 1.81. The second kappa shape index (κ2) is 8.50. The van der Waals surface area contributed by atoms with Gasteiger partial charge in [-0.05, 0) is 36.4 Å². The molecule has 1 aromatic rings. The fourth-order valence-electron chi connectivity index (χ4n) is 2.75. The Bertz CT molecular complexity index is 395. The lowest BCUT2D eigenvalue weighted by atomic mass is 9.82. The molecule has 3 heteroatoms. The molecule has 2 atom stereocenters. The van der Waals surface area contributed by atoms with Crippen LogP contribution < -0.4 is 5.32 Å². The van der Waals surface area contributed by atoms with Gasteiger partial charge in [0.2, 0.25) is 0 Å². The second-order valence-electron chi connectivity index (χ2n) is 6.80. The third-order valence-electron chi connectivity index (χ3n) is 3.85. The van der Waals surface area contributed by atoms with E-state index in [9.17, 15) is 0 Å². The molecule has 0 radical (unpaired) electrons. The Morgan fingerprint density at radius 3 is 2.38 bits per heavy atom. The minimum Gasteiger partial charge on any atom is -0.379 e. The molecule has 0 saturated carbocycles. The highest BCUT2D eigenvalue weighted by molar-refractivity contribution is 5.15. The van der Waals surface area contributed by atoms with Crippen molar-refractivity contribution in [2.75, 3.05) is 13.7 Å². The summed E-state index contributed by atoms with van der Waals surface area (Å²) in [6.07, 6.45) is 5.22. The van der Waals surface area contributed by atoms with E-state index >= 15 is 0 Å². The van der Waals surface area contributed by atoms with Gasteiger partial charge in [-0.15, -0.1) is 0 Å². The first-order valence-corrected chi connectivity index (χ1v) is 8.12. The SMILES string of the molecule is CCCNC(Cc1ccc(CC)cn1)C(OC)C(C)(C)C. The quantitative estimate of drug-likeness (QED) is 0.794. The Balaban J connectivity index is 2.85. The van der Waals surface area contributed by atoms with E-state index in [4.69, 9.17) is 4.74 Å². The number of aromatic nitrogens is 1. The van der Waals surface area contributed by atoms with Crippen molar-refractivity contribution < 1.29 is 4.74 Å². The summed E-state index contributed by atoms with van der Waals surface area (Å²) in [6.45, 7) is 12.0. The smallest absolute Gasteiger partial charge is 0.0776 e. The fraction of sp³-hybridized carbons (Fsp3) is 0.722. The van der Waals surface area contributed by atoms with Gasteiger partial charge in [-0.1, -0.05) is 40.7 Å². The molecule has 1 aromatic heterocycles.